The van der Waals surface area contributed by atoms with Gasteiger partial charge in [0.15, 0.2) is 5.13 Å². The van der Waals surface area contributed by atoms with Crippen LogP contribution in [0.1, 0.15) is 26.6 Å². The lowest BCUT2D eigenvalue weighted by atomic mass is 10.1. The molecule has 0 fully saturated rings. The van der Waals surface area contributed by atoms with Gasteiger partial charge in [-0.25, -0.2) is 4.98 Å². The van der Waals surface area contributed by atoms with Gasteiger partial charge in [-0.1, -0.05) is 6.07 Å². The normalized spacial score (nSPS) is 11.4. The fourth-order valence-electron chi connectivity index (χ4n) is 2.40. The number of aromatic nitrogens is 2. The lowest BCUT2D eigenvalue weighted by Gasteiger charge is -2.04. The first-order valence-corrected chi connectivity index (χ1v) is 8.66. The summed E-state index contributed by atoms with van der Waals surface area (Å²) in [5.74, 6) is -0.235. The Kier molecular flexibility index (Phi) is 4.24. The van der Waals surface area contributed by atoms with Gasteiger partial charge in [0, 0.05) is 23.0 Å². The molecule has 3 rings (SSSR count). The molecule has 0 atom stereocenters. The molecule has 0 unspecified atom stereocenters. The number of nitrogens with zero attached hydrogens (tertiary/aromatic N) is 3. The number of Topliss-reactive ketones (excluding diaryl/α,β-unsaturated/α-hetero) is 1. The van der Waals surface area contributed by atoms with Crippen LogP contribution in [0.5, 0.6) is 0 Å². The van der Waals surface area contributed by atoms with Crippen LogP contribution in [0.25, 0.3) is 11.2 Å². The molecule has 0 aromatic carbocycles. The molecule has 0 aliphatic rings. The fourth-order valence-corrected chi connectivity index (χ4v) is 3.83. The van der Waals surface area contributed by atoms with Crippen LogP contribution in [-0.4, -0.2) is 15.3 Å². The fraction of sp³-hybridized carbons (Fsp3) is 0.118. The largest absolute Gasteiger partial charge is 0.294 e. The molecule has 0 saturated heterocycles. The van der Waals surface area contributed by atoms with Crippen molar-refractivity contribution in [2.75, 3.05) is 0 Å². The Morgan fingerprint density at radius 3 is 2.78 bits per heavy atom. The number of hydrogen-bond acceptors (Lipinski definition) is 5. The first-order valence-electron chi connectivity index (χ1n) is 6.90. The van der Waals surface area contributed by atoms with Crippen LogP contribution >= 0.6 is 22.7 Å². The summed E-state index contributed by atoms with van der Waals surface area (Å²) in [7, 11) is 0. The van der Waals surface area contributed by atoms with Crippen molar-refractivity contribution in [1.82, 2.24) is 9.55 Å². The van der Waals surface area contributed by atoms with Crippen molar-refractivity contribution in [3.8, 4) is 11.2 Å². The number of allylic oxidation sites excluding steroid dienone is 1. The summed E-state index contributed by atoms with van der Waals surface area (Å²) < 4.78 is 2.03. The molecule has 0 radical (unpaired) electrons. The Hall–Kier alpha value is -2.49. The monoisotopic (exact) mass is 339 g/mol. The molecule has 6 heteroatoms. The maximum Gasteiger partial charge on any atom is 0.213 e. The van der Waals surface area contributed by atoms with E-state index >= 15 is 0 Å². The predicted molar refractivity (Wildman–Crippen MR) is 93.2 cm³/mol. The van der Waals surface area contributed by atoms with Crippen molar-refractivity contribution in [3.05, 3.63) is 62.6 Å². The molecule has 4 nitrogen and oxygen atoms in total. The van der Waals surface area contributed by atoms with Crippen LogP contribution in [0.15, 0.2) is 40.7 Å². The van der Waals surface area contributed by atoms with Crippen molar-refractivity contribution in [2.45, 2.75) is 13.8 Å². The van der Waals surface area contributed by atoms with Crippen LogP contribution < -0.4 is 0 Å². The number of hydrogen-bond donors (Lipinski definition) is 0. The van der Waals surface area contributed by atoms with E-state index in [9.17, 15) is 10.1 Å². The Bertz CT molecular complexity index is 910. The SMILES string of the molecule is Cc1cc(/C=C(\C#N)C(=O)c2cccs2)c(C)n1-c1nccs1. The average Bonchev–Trinajstić information content (AvgIpc) is 3.26. The van der Waals surface area contributed by atoms with E-state index in [4.69, 9.17) is 0 Å². The summed E-state index contributed by atoms with van der Waals surface area (Å²) in [5, 5.41) is 14.0. The predicted octanol–water partition coefficient (Wildman–Crippen LogP) is 4.40. The Balaban J connectivity index is 2.04. The maximum atomic E-state index is 12.4. The zero-order valence-electron chi connectivity index (χ0n) is 12.6. The molecular formula is C17H13N3OS2. The molecule has 0 amide bonds. The zero-order valence-corrected chi connectivity index (χ0v) is 14.2. The minimum Gasteiger partial charge on any atom is -0.294 e. The van der Waals surface area contributed by atoms with E-state index in [0.717, 1.165) is 22.1 Å². The summed E-state index contributed by atoms with van der Waals surface area (Å²) in [6, 6.07) is 7.53. The van der Waals surface area contributed by atoms with E-state index in [1.165, 1.54) is 11.3 Å². The van der Waals surface area contributed by atoms with Crippen LogP contribution in [0, 0.1) is 25.2 Å². The highest BCUT2D eigenvalue weighted by Gasteiger charge is 2.16. The number of thiophene rings is 1. The van der Waals surface area contributed by atoms with Gasteiger partial charge in [-0.05, 0) is 43.0 Å². The molecule has 0 N–H and O–H groups in total. The van der Waals surface area contributed by atoms with E-state index in [-0.39, 0.29) is 11.4 Å². The summed E-state index contributed by atoms with van der Waals surface area (Å²) in [6.07, 6.45) is 3.42. The first kappa shape index (κ1) is 15.4. The number of aryl methyl sites for hydroxylation is 1. The molecule has 3 aromatic heterocycles. The molecule has 0 bridgehead atoms. The quantitative estimate of drug-likeness (QED) is 0.402. The molecular weight excluding hydrogens is 326 g/mol. The lowest BCUT2D eigenvalue weighted by Crippen LogP contribution is -2.00. The van der Waals surface area contributed by atoms with Gasteiger partial charge in [0.1, 0.15) is 11.6 Å². The van der Waals surface area contributed by atoms with E-state index < -0.39 is 0 Å². The van der Waals surface area contributed by atoms with Gasteiger partial charge in [0.25, 0.3) is 0 Å². The highest BCUT2D eigenvalue weighted by molar-refractivity contribution is 7.12. The van der Waals surface area contributed by atoms with Crippen molar-refractivity contribution in [2.24, 2.45) is 0 Å². The van der Waals surface area contributed by atoms with Gasteiger partial charge in [-0.3, -0.25) is 9.36 Å². The molecule has 3 aromatic rings. The second-order valence-corrected chi connectivity index (χ2v) is 6.77. The number of carbonyl (C=O) groups is 1. The number of rotatable bonds is 4. The van der Waals surface area contributed by atoms with Crippen LogP contribution in [0.2, 0.25) is 0 Å². The van der Waals surface area contributed by atoms with Gasteiger partial charge < -0.3 is 0 Å². The average molecular weight is 339 g/mol. The van der Waals surface area contributed by atoms with E-state index in [1.807, 2.05) is 41.3 Å². The molecule has 3 heterocycles. The van der Waals surface area contributed by atoms with Crippen molar-refractivity contribution in [3.63, 3.8) is 0 Å². The van der Waals surface area contributed by atoms with E-state index in [2.05, 4.69) is 4.98 Å². The maximum absolute atomic E-state index is 12.4. The van der Waals surface area contributed by atoms with Crippen LogP contribution in [0.3, 0.4) is 0 Å². The summed E-state index contributed by atoms with van der Waals surface area (Å²) in [5.41, 5.74) is 2.99. The molecule has 0 aliphatic heterocycles. The topological polar surface area (TPSA) is 58.7 Å². The van der Waals surface area contributed by atoms with Crippen LogP contribution in [-0.2, 0) is 0 Å². The van der Waals surface area contributed by atoms with E-state index in [1.54, 1.807) is 35.7 Å². The second-order valence-electron chi connectivity index (χ2n) is 4.95. The zero-order chi connectivity index (χ0) is 16.4. The standard InChI is InChI=1S/C17H13N3OS2/c1-11-8-13(12(2)20(11)17-19-5-7-23-17)9-14(10-18)16(21)15-4-3-6-22-15/h3-9H,1-2H3/b14-9+. The van der Waals surface area contributed by atoms with Gasteiger partial charge in [-0.15, -0.1) is 22.7 Å². The summed E-state index contributed by atoms with van der Waals surface area (Å²) >= 11 is 2.89. The van der Waals surface area contributed by atoms with Gasteiger partial charge in [0.05, 0.1) is 4.88 Å². The molecule has 114 valence electrons. The van der Waals surface area contributed by atoms with Gasteiger partial charge in [-0.2, -0.15) is 5.26 Å². The third kappa shape index (κ3) is 2.89. The number of thiazole rings is 1. The molecule has 23 heavy (non-hydrogen) atoms. The lowest BCUT2D eigenvalue weighted by molar-refractivity contribution is 0.104. The molecule has 0 aliphatic carbocycles. The Labute approximate surface area is 142 Å². The second kappa shape index (κ2) is 6.32. The van der Waals surface area contributed by atoms with Crippen molar-refractivity contribution in [1.29, 1.82) is 5.26 Å². The number of nitriles is 1. The summed E-state index contributed by atoms with van der Waals surface area (Å²) in [6.45, 7) is 3.95. The minimum absolute atomic E-state index is 0.145. The van der Waals surface area contributed by atoms with Crippen molar-refractivity contribution < 1.29 is 4.79 Å². The summed E-state index contributed by atoms with van der Waals surface area (Å²) in [4.78, 5) is 17.3. The number of ketones is 1. The number of carbonyl (C=O) groups excluding carboxylic acids is 1. The third-order valence-corrected chi connectivity index (χ3v) is 5.12. The van der Waals surface area contributed by atoms with Gasteiger partial charge in [0.2, 0.25) is 5.78 Å². The van der Waals surface area contributed by atoms with Gasteiger partial charge >= 0.3 is 0 Å². The molecule has 0 spiro atoms. The van der Waals surface area contributed by atoms with Crippen molar-refractivity contribution >= 4 is 34.5 Å². The first-order chi connectivity index (χ1) is 11.1. The molecule has 0 saturated carbocycles. The highest BCUT2D eigenvalue weighted by Crippen LogP contribution is 2.25. The van der Waals surface area contributed by atoms with E-state index in [0.29, 0.717) is 4.88 Å². The third-order valence-electron chi connectivity index (χ3n) is 3.49. The highest BCUT2D eigenvalue weighted by atomic mass is 32.1. The Morgan fingerprint density at radius 2 is 2.17 bits per heavy atom. The Morgan fingerprint density at radius 1 is 1.35 bits per heavy atom. The minimum atomic E-state index is -0.235. The smallest absolute Gasteiger partial charge is 0.213 e. The van der Waals surface area contributed by atoms with Crippen LogP contribution in [0.4, 0.5) is 0 Å².